The Hall–Kier alpha value is -1.85. The van der Waals surface area contributed by atoms with Gasteiger partial charge in [-0.1, -0.05) is 99.3 Å². The summed E-state index contributed by atoms with van der Waals surface area (Å²) in [6.07, 6.45) is 12.8. The first-order valence-electron chi connectivity index (χ1n) is 14.3. The lowest BCUT2D eigenvalue weighted by Crippen LogP contribution is -2.17. The second kappa shape index (κ2) is 22.4. The van der Waals surface area contributed by atoms with Crippen LogP contribution in [0.2, 0.25) is 0 Å². The van der Waals surface area contributed by atoms with E-state index in [4.69, 9.17) is 14.2 Å². The zero-order valence-corrected chi connectivity index (χ0v) is 24.1. The van der Waals surface area contributed by atoms with Gasteiger partial charge in [0.25, 0.3) is 0 Å². The Labute approximate surface area is 220 Å². The summed E-state index contributed by atoms with van der Waals surface area (Å²) in [6.45, 7) is 14.0. The molecule has 0 radical (unpaired) electrons. The molecule has 36 heavy (non-hydrogen) atoms. The highest BCUT2D eigenvalue weighted by Gasteiger charge is 2.19. The van der Waals surface area contributed by atoms with Crippen LogP contribution in [0.25, 0.3) is 0 Å². The van der Waals surface area contributed by atoms with Crippen molar-refractivity contribution in [2.75, 3.05) is 19.8 Å². The largest absolute Gasteiger partial charge is 0.465 e. The standard InChI is InChI=1S/C30H54O6/c1-24(2)16-10-7-13-19-34-28(31)22-27(30(33)36-21-15-9-12-18-26(5)6)23-29(32)35-20-14-8-11-17-25(3)4/h22,24-26H,7-21,23H2,1-6H3/b27-22-. The summed E-state index contributed by atoms with van der Waals surface area (Å²) in [7, 11) is 0. The van der Waals surface area contributed by atoms with E-state index < -0.39 is 17.9 Å². The lowest BCUT2D eigenvalue weighted by Gasteiger charge is -2.10. The second-order valence-electron chi connectivity index (χ2n) is 11.1. The molecule has 0 heterocycles. The van der Waals surface area contributed by atoms with E-state index in [0.29, 0.717) is 31.0 Å². The van der Waals surface area contributed by atoms with Crippen molar-refractivity contribution in [3.8, 4) is 0 Å². The Morgan fingerprint density at radius 1 is 0.556 bits per heavy atom. The monoisotopic (exact) mass is 510 g/mol. The Kier molecular flexibility index (Phi) is 21.2. The van der Waals surface area contributed by atoms with Crippen LogP contribution < -0.4 is 0 Å². The lowest BCUT2D eigenvalue weighted by molar-refractivity contribution is -0.146. The van der Waals surface area contributed by atoms with Gasteiger partial charge in [0.1, 0.15) is 0 Å². The van der Waals surface area contributed by atoms with Gasteiger partial charge >= 0.3 is 17.9 Å². The lowest BCUT2D eigenvalue weighted by atomic mass is 10.1. The average molecular weight is 511 g/mol. The molecule has 210 valence electrons. The van der Waals surface area contributed by atoms with Crippen molar-refractivity contribution in [1.29, 1.82) is 0 Å². The number of rotatable bonds is 22. The summed E-state index contributed by atoms with van der Waals surface area (Å²) in [5.74, 6) is 0.191. The smallest absolute Gasteiger partial charge is 0.334 e. The van der Waals surface area contributed by atoms with Crippen molar-refractivity contribution in [3.63, 3.8) is 0 Å². The number of carbonyl (C=O) groups excluding carboxylic acids is 3. The zero-order chi connectivity index (χ0) is 27.2. The van der Waals surface area contributed by atoms with Gasteiger partial charge in [0.2, 0.25) is 0 Å². The van der Waals surface area contributed by atoms with Crippen LogP contribution in [0.4, 0.5) is 0 Å². The minimum Gasteiger partial charge on any atom is -0.465 e. The van der Waals surface area contributed by atoms with Crippen molar-refractivity contribution in [2.45, 2.75) is 125 Å². The van der Waals surface area contributed by atoms with Gasteiger partial charge < -0.3 is 14.2 Å². The highest BCUT2D eigenvalue weighted by Crippen LogP contribution is 2.13. The van der Waals surface area contributed by atoms with Crippen molar-refractivity contribution < 1.29 is 28.6 Å². The highest BCUT2D eigenvalue weighted by molar-refractivity contribution is 5.99. The first kappa shape index (κ1) is 34.1. The normalized spacial score (nSPS) is 11.9. The average Bonchev–Trinajstić information content (AvgIpc) is 2.79. The van der Waals surface area contributed by atoms with Crippen LogP contribution in [0, 0.1) is 17.8 Å². The number of ether oxygens (including phenoxy) is 3. The number of hydrogen-bond acceptors (Lipinski definition) is 6. The molecule has 0 aliphatic heterocycles. The Balaban J connectivity index is 4.64. The van der Waals surface area contributed by atoms with E-state index in [1.165, 1.54) is 0 Å². The van der Waals surface area contributed by atoms with Crippen molar-refractivity contribution >= 4 is 17.9 Å². The minimum atomic E-state index is -0.651. The number of unbranched alkanes of at least 4 members (excludes halogenated alkanes) is 6. The topological polar surface area (TPSA) is 78.9 Å². The van der Waals surface area contributed by atoms with Crippen LogP contribution >= 0.6 is 0 Å². The molecule has 0 bridgehead atoms. The van der Waals surface area contributed by atoms with Gasteiger partial charge in [-0.15, -0.1) is 0 Å². The fraction of sp³-hybridized carbons (Fsp3) is 0.833. The molecular weight excluding hydrogens is 456 g/mol. The van der Waals surface area contributed by atoms with Crippen LogP contribution in [-0.4, -0.2) is 37.7 Å². The molecule has 0 saturated heterocycles. The molecule has 0 aromatic heterocycles. The molecule has 0 aromatic carbocycles. The Bertz CT molecular complexity index is 621. The molecule has 0 atom stereocenters. The quantitative estimate of drug-likeness (QED) is 0.0646. The van der Waals surface area contributed by atoms with E-state index >= 15 is 0 Å². The van der Waals surface area contributed by atoms with Gasteiger partial charge in [-0.3, -0.25) is 4.79 Å². The predicted molar refractivity (Wildman–Crippen MR) is 145 cm³/mol. The van der Waals surface area contributed by atoms with Gasteiger partial charge in [0, 0.05) is 6.08 Å². The summed E-state index contributed by atoms with van der Waals surface area (Å²) in [5.41, 5.74) is -0.00760. The second-order valence-corrected chi connectivity index (χ2v) is 11.1. The molecule has 0 aliphatic carbocycles. The highest BCUT2D eigenvalue weighted by atomic mass is 16.5. The maximum Gasteiger partial charge on any atom is 0.334 e. The molecule has 6 nitrogen and oxygen atoms in total. The minimum absolute atomic E-state index is 0.00760. The molecule has 0 unspecified atom stereocenters. The number of esters is 3. The maximum absolute atomic E-state index is 12.6. The van der Waals surface area contributed by atoms with Gasteiger partial charge in [-0.2, -0.15) is 0 Å². The number of carbonyl (C=O) groups is 3. The fourth-order valence-electron chi connectivity index (χ4n) is 3.68. The molecular formula is C30H54O6. The Morgan fingerprint density at radius 3 is 1.42 bits per heavy atom. The molecule has 0 saturated carbocycles. The van der Waals surface area contributed by atoms with E-state index in [2.05, 4.69) is 41.5 Å². The predicted octanol–water partition coefficient (Wildman–Crippen LogP) is 7.58. The van der Waals surface area contributed by atoms with Gasteiger partial charge in [-0.25, -0.2) is 9.59 Å². The third-order valence-corrected chi connectivity index (χ3v) is 5.91. The summed E-state index contributed by atoms with van der Waals surface area (Å²) in [5, 5.41) is 0. The van der Waals surface area contributed by atoms with E-state index in [1.54, 1.807) is 0 Å². The summed E-state index contributed by atoms with van der Waals surface area (Å²) in [6, 6.07) is 0. The van der Waals surface area contributed by atoms with Gasteiger partial charge in [-0.05, 0) is 37.0 Å². The van der Waals surface area contributed by atoms with Gasteiger partial charge in [0.05, 0.1) is 31.8 Å². The maximum atomic E-state index is 12.6. The summed E-state index contributed by atoms with van der Waals surface area (Å²) in [4.78, 5) is 37.2. The molecule has 0 fully saturated rings. The van der Waals surface area contributed by atoms with E-state index in [0.717, 1.165) is 83.1 Å². The van der Waals surface area contributed by atoms with Gasteiger partial charge in [0.15, 0.2) is 0 Å². The zero-order valence-electron chi connectivity index (χ0n) is 24.1. The molecule has 0 N–H and O–H groups in total. The number of hydrogen-bond donors (Lipinski definition) is 0. The van der Waals surface area contributed by atoms with E-state index in [1.807, 2.05) is 0 Å². The van der Waals surface area contributed by atoms with Crippen molar-refractivity contribution in [1.82, 2.24) is 0 Å². The van der Waals surface area contributed by atoms with E-state index in [-0.39, 0.29) is 18.6 Å². The van der Waals surface area contributed by atoms with Crippen LogP contribution in [0.1, 0.15) is 125 Å². The summed E-state index contributed by atoms with van der Waals surface area (Å²) < 4.78 is 15.9. The molecule has 6 heteroatoms. The molecule has 0 aromatic rings. The first-order valence-corrected chi connectivity index (χ1v) is 14.3. The van der Waals surface area contributed by atoms with Crippen LogP contribution in [0.5, 0.6) is 0 Å². The molecule has 0 rings (SSSR count). The third-order valence-electron chi connectivity index (χ3n) is 5.91. The first-order chi connectivity index (χ1) is 17.1. The fourth-order valence-corrected chi connectivity index (χ4v) is 3.68. The van der Waals surface area contributed by atoms with Crippen LogP contribution in [0.15, 0.2) is 11.6 Å². The van der Waals surface area contributed by atoms with Crippen LogP contribution in [0.3, 0.4) is 0 Å². The molecule has 0 aliphatic rings. The SMILES string of the molecule is CC(C)CCCCCOC(=O)/C=C(/CC(=O)OCCCCCC(C)C)C(=O)OCCCCCC(C)C. The Morgan fingerprint density at radius 2 is 0.972 bits per heavy atom. The third kappa shape index (κ3) is 22.6. The van der Waals surface area contributed by atoms with Crippen molar-refractivity contribution in [2.24, 2.45) is 17.8 Å². The summed E-state index contributed by atoms with van der Waals surface area (Å²) >= 11 is 0. The molecule has 0 spiro atoms. The van der Waals surface area contributed by atoms with E-state index in [9.17, 15) is 14.4 Å². The molecule has 0 amide bonds. The van der Waals surface area contributed by atoms with Crippen LogP contribution in [-0.2, 0) is 28.6 Å². The van der Waals surface area contributed by atoms with Crippen molar-refractivity contribution in [3.05, 3.63) is 11.6 Å².